The summed E-state index contributed by atoms with van der Waals surface area (Å²) in [4.78, 5) is 26.4. The number of rotatable bonds is 4. The van der Waals surface area contributed by atoms with Crippen LogP contribution in [0.15, 0.2) is 53.8 Å². The fraction of sp³-hybridized carbons (Fsp3) is 0.200. The summed E-state index contributed by atoms with van der Waals surface area (Å²) in [6.45, 7) is 0.158. The van der Waals surface area contributed by atoms with Gasteiger partial charge in [-0.1, -0.05) is 24.3 Å². The van der Waals surface area contributed by atoms with Gasteiger partial charge in [-0.2, -0.15) is 0 Å². The molecule has 2 aliphatic heterocycles. The van der Waals surface area contributed by atoms with E-state index in [1.54, 1.807) is 30.3 Å². The van der Waals surface area contributed by atoms with E-state index in [0.717, 1.165) is 0 Å². The Morgan fingerprint density at radius 2 is 2.00 bits per heavy atom. The maximum Gasteiger partial charge on any atom is 0.289 e. The summed E-state index contributed by atoms with van der Waals surface area (Å²) in [5, 5.41) is 13.0. The molecule has 144 valence electrons. The Morgan fingerprint density at radius 1 is 1.25 bits per heavy atom. The number of carbonyl (C=O) groups is 2. The van der Waals surface area contributed by atoms with Crippen molar-refractivity contribution in [2.24, 2.45) is 0 Å². The van der Waals surface area contributed by atoms with Gasteiger partial charge in [-0.15, -0.1) is 0 Å². The Bertz CT molecular complexity index is 987. The van der Waals surface area contributed by atoms with E-state index in [2.05, 4.69) is 5.32 Å². The summed E-state index contributed by atoms with van der Waals surface area (Å²) in [7, 11) is 1.50. The highest BCUT2D eigenvalue weighted by atomic mass is 19.1. The molecule has 2 heterocycles. The molecule has 2 N–H and O–H groups in total. The maximum atomic E-state index is 13.0. The summed E-state index contributed by atoms with van der Waals surface area (Å²) in [6, 6.07) is 10.0. The van der Waals surface area contributed by atoms with Crippen molar-refractivity contribution in [3.8, 4) is 11.5 Å². The minimum absolute atomic E-state index is 0.0402. The van der Waals surface area contributed by atoms with E-state index >= 15 is 0 Å². The molecule has 2 aromatic rings. The number of benzene rings is 2. The zero-order valence-electron chi connectivity index (χ0n) is 14.9. The fourth-order valence-corrected chi connectivity index (χ4v) is 3.37. The molecule has 2 amide bonds. The molecule has 28 heavy (non-hydrogen) atoms. The number of para-hydroxylation sites is 1. The van der Waals surface area contributed by atoms with E-state index in [-0.39, 0.29) is 24.7 Å². The maximum absolute atomic E-state index is 13.0. The number of hydrogen-bond donors (Lipinski definition) is 2. The van der Waals surface area contributed by atoms with Gasteiger partial charge in [0.15, 0.2) is 17.3 Å². The smallest absolute Gasteiger partial charge is 0.289 e. The molecule has 0 saturated carbocycles. The second kappa shape index (κ2) is 6.88. The summed E-state index contributed by atoms with van der Waals surface area (Å²) < 4.78 is 23.9. The van der Waals surface area contributed by atoms with Gasteiger partial charge in [-0.25, -0.2) is 4.39 Å². The minimum Gasteiger partial charge on any atom is -0.503 e. The first-order valence-electron chi connectivity index (χ1n) is 8.59. The second-order valence-electron chi connectivity index (χ2n) is 6.47. The number of hydrogen-bond acceptors (Lipinski definition) is 5. The number of fused-ring (bicyclic) bond motifs is 1. The number of ether oxygens (including phenoxy) is 2. The SMILES string of the molecule is CN1C(=O)C(O)=C(C(=O)NCc2ccc(F)cc2)C1c1cccc2c1OCO2. The number of aliphatic hydroxyl groups is 1. The van der Waals surface area contributed by atoms with Crippen molar-refractivity contribution in [2.75, 3.05) is 13.8 Å². The first kappa shape index (κ1) is 17.8. The Hall–Kier alpha value is -3.55. The number of likely N-dealkylation sites (N-methyl/N-ethyl adjacent to an activating group) is 1. The Balaban J connectivity index is 1.63. The van der Waals surface area contributed by atoms with E-state index in [9.17, 15) is 19.1 Å². The van der Waals surface area contributed by atoms with Crippen molar-refractivity contribution in [2.45, 2.75) is 12.6 Å². The predicted octanol–water partition coefficient (Wildman–Crippen LogP) is 2.20. The molecule has 0 aromatic heterocycles. The van der Waals surface area contributed by atoms with Crippen molar-refractivity contribution < 1.29 is 28.6 Å². The summed E-state index contributed by atoms with van der Waals surface area (Å²) in [6.07, 6.45) is 0. The molecule has 0 spiro atoms. The highest BCUT2D eigenvalue weighted by molar-refractivity contribution is 6.08. The number of nitrogens with zero attached hydrogens (tertiary/aromatic N) is 1. The lowest BCUT2D eigenvalue weighted by Gasteiger charge is -2.23. The molecule has 2 aliphatic rings. The summed E-state index contributed by atoms with van der Waals surface area (Å²) in [5.41, 5.74) is 1.15. The lowest BCUT2D eigenvalue weighted by atomic mass is 9.97. The lowest BCUT2D eigenvalue weighted by Crippen LogP contribution is -2.31. The van der Waals surface area contributed by atoms with Crippen molar-refractivity contribution in [1.29, 1.82) is 0 Å². The van der Waals surface area contributed by atoms with Crippen LogP contribution in [0.25, 0.3) is 0 Å². The fourth-order valence-electron chi connectivity index (χ4n) is 3.37. The van der Waals surface area contributed by atoms with Crippen LogP contribution in [0.5, 0.6) is 11.5 Å². The van der Waals surface area contributed by atoms with Gasteiger partial charge in [-0.05, 0) is 23.8 Å². The van der Waals surface area contributed by atoms with Gasteiger partial charge in [0, 0.05) is 19.2 Å². The topological polar surface area (TPSA) is 88.1 Å². The Morgan fingerprint density at radius 3 is 2.75 bits per heavy atom. The molecule has 7 nitrogen and oxygen atoms in total. The molecule has 0 bridgehead atoms. The van der Waals surface area contributed by atoms with Gasteiger partial charge in [0.2, 0.25) is 6.79 Å². The largest absolute Gasteiger partial charge is 0.503 e. The van der Waals surface area contributed by atoms with Crippen molar-refractivity contribution in [3.05, 3.63) is 70.7 Å². The van der Waals surface area contributed by atoms with Gasteiger partial charge in [0.1, 0.15) is 5.82 Å². The van der Waals surface area contributed by atoms with Gasteiger partial charge in [0.25, 0.3) is 11.8 Å². The van der Waals surface area contributed by atoms with Crippen LogP contribution in [0.4, 0.5) is 4.39 Å². The van der Waals surface area contributed by atoms with Crippen LogP contribution < -0.4 is 14.8 Å². The van der Waals surface area contributed by atoms with Crippen LogP contribution in [-0.4, -0.2) is 35.7 Å². The Labute approximate surface area is 160 Å². The molecule has 8 heteroatoms. The molecule has 1 unspecified atom stereocenters. The standard InChI is InChI=1S/C20H17FN2O5/c1-23-16(13-3-2-4-14-18(13)28-10-27-14)15(17(24)20(23)26)19(25)22-9-11-5-7-12(21)8-6-11/h2-8,16,24H,9-10H2,1H3,(H,22,25). The predicted molar refractivity (Wildman–Crippen MR) is 96.0 cm³/mol. The highest BCUT2D eigenvalue weighted by Gasteiger charge is 2.43. The van der Waals surface area contributed by atoms with Crippen LogP contribution in [0, 0.1) is 5.82 Å². The number of nitrogens with one attached hydrogen (secondary N) is 1. The lowest BCUT2D eigenvalue weighted by molar-refractivity contribution is -0.128. The van der Waals surface area contributed by atoms with E-state index in [1.807, 2.05) is 0 Å². The number of aliphatic hydroxyl groups excluding tert-OH is 1. The van der Waals surface area contributed by atoms with Crippen LogP contribution in [-0.2, 0) is 16.1 Å². The highest BCUT2D eigenvalue weighted by Crippen LogP contribution is 2.45. The van der Waals surface area contributed by atoms with E-state index in [0.29, 0.717) is 22.6 Å². The van der Waals surface area contributed by atoms with Gasteiger partial charge in [-0.3, -0.25) is 9.59 Å². The third kappa shape index (κ3) is 2.92. The first-order chi connectivity index (χ1) is 13.5. The van der Waals surface area contributed by atoms with Gasteiger partial charge < -0.3 is 24.8 Å². The van der Waals surface area contributed by atoms with Crippen molar-refractivity contribution in [1.82, 2.24) is 10.2 Å². The third-order valence-electron chi connectivity index (χ3n) is 4.77. The summed E-state index contributed by atoms with van der Waals surface area (Å²) in [5.74, 6) is -1.30. The molecule has 4 rings (SSSR count). The molecule has 1 atom stereocenters. The van der Waals surface area contributed by atoms with Gasteiger partial charge >= 0.3 is 0 Å². The monoisotopic (exact) mass is 384 g/mol. The van der Waals surface area contributed by atoms with Crippen LogP contribution in [0.3, 0.4) is 0 Å². The number of amides is 2. The van der Waals surface area contributed by atoms with Gasteiger partial charge in [0.05, 0.1) is 11.6 Å². The molecular formula is C20H17FN2O5. The van der Waals surface area contributed by atoms with Crippen LogP contribution >= 0.6 is 0 Å². The molecule has 0 saturated heterocycles. The van der Waals surface area contributed by atoms with Crippen molar-refractivity contribution in [3.63, 3.8) is 0 Å². The Kier molecular flexibility index (Phi) is 4.38. The zero-order valence-corrected chi connectivity index (χ0v) is 14.9. The van der Waals surface area contributed by atoms with Crippen LogP contribution in [0.2, 0.25) is 0 Å². The normalized spacial score (nSPS) is 18.0. The first-order valence-corrected chi connectivity index (χ1v) is 8.59. The number of halogens is 1. The molecule has 0 radical (unpaired) electrons. The van der Waals surface area contributed by atoms with E-state index in [1.165, 1.54) is 24.1 Å². The quantitative estimate of drug-likeness (QED) is 0.844. The molecule has 0 fully saturated rings. The molecule has 2 aromatic carbocycles. The molecule has 0 aliphatic carbocycles. The zero-order chi connectivity index (χ0) is 19.8. The minimum atomic E-state index is -0.822. The number of carbonyl (C=O) groups excluding carboxylic acids is 2. The van der Waals surface area contributed by atoms with E-state index < -0.39 is 23.6 Å². The van der Waals surface area contributed by atoms with Crippen LogP contribution in [0.1, 0.15) is 17.2 Å². The summed E-state index contributed by atoms with van der Waals surface area (Å²) >= 11 is 0. The molecular weight excluding hydrogens is 367 g/mol. The average Bonchev–Trinajstić information content (AvgIpc) is 3.26. The average molecular weight is 384 g/mol. The second-order valence-corrected chi connectivity index (χ2v) is 6.47. The van der Waals surface area contributed by atoms with Crippen molar-refractivity contribution >= 4 is 11.8 Å². The third-order valence-corrected chi connectivity index (χ3v) is 4.77. The van der Waals surface area contributed by atoms with E-state index in [4.69, 9.17) is 9.47 Å².